The molecule has 2 aromatic heterocycles. The molecule has 2 heterocycles. The summed E-state index contributed by atoms with van der Waals surface area (Å²) in [6.07, 6.45) is 4.34. The molecular weight excluding hydrogens is 250 g/mol. The van der Waals surface area contributed by atoms with Gasteiger partial charge in [-0.3, -0.25) is 4.68 Å². The van der Waals surface area contributed by atoms with E-state index in [9.17, 15) is 0 Å². The summed E-state index contributed by atoms with van der Waals surface area (Å²) in [5.41, 5.74) is 4.44. The predicted molar refractivity (Wildman–Crippen MR) is 80.1 cm³/mol. The molecule has 0 atom stereocenters. The maximum Gasteiger partial charge on any atom is 0.163 e. The number of fused-ring (bicyclic) bond motifs is 1. The fourth-order valence-corrected chi connectivity index (χ4v) is 2.38. The van der Waals surface area contributed by atoms with Crippen molar-refractivity contribution in [2.45, 2.75) is 20.3 Å². The SMILES string of the molecule is CCc1cccc(C)c1Nc1ncnc2c1cnn2C. The van der Waals surface area contributed by atoms with Crippen molar-refractivity contribution in [3.05, 3.63) is 41.9 Å². The second kappa shape index (κ2) is 4.92. The third kappa shape index (κ3) is 2.01. The first-order chi connectivity index (χ1) is 9.70. The average Bonchev–Trinajstić information content (AvgIpc) is 2.84. The van der Waals surface area contributed by atoms with E-state index >= 15 is 0 Å². The lowest BCUT2D eigenvalue weighted by molar-refractivity contribution is 0.785. The lowest BCUT2D eigenvalue weighted by Gasteiger charge is -2.13. The lowest BCUT2D eigenvalue weighted by Crippen LogP contribution is -2.01. The van der Waals surface area contributed by atoms with Crippen molar-refractivity contribution < 1.29 is 0 Å². The number of aromatic nitrogens is 4. The molecule has 0 amide bonds. The van der Waals surface area contributed by atoms with Crippen molar-refractivity contribution in [3.63, 3.8) is 0 Å². The second-order valence-electron chi connectivity index (χ2n) is 4.82. The molecule has 20 heavy (non-hydrogen) atoms. The van der Waals surface area contributed by atoms with Crippen LogP contribution in [0.25, 0.3) is 11.0 Å². The largest absolute Gasteiger partial charge is 0.339 e. The zero-order chi connectivity index (χ0) is 14.1. The summed E-state index contributed by atoms with van der Waals surface area (Å²) in [6, 6.07) is 6.32. The number of para-hydroxylation sites is 1. The first-order valence-electron chi connectivity index (χ1n) is 6.69. The van der Waals surface area contributed by atoms with Crippen LogP contribution in [0.15, 0.2) is 30.7 Å². The number of rotatable bonds is 3. The Morgan fingerprint density at radius 2 is 2.10 bits per heavy atom. The van der Waals surface area contributed by atoms with E-state index in [-0.39, 0.29) is 0 Å². The van der Waals surface area contributed by atoms with E-state index in [0.717, 1.165) is 29.0 Å². The number of aryl methyl sites for hydroxylation is 3. The van der Waals surface area contributed by atoms with Crippen molar-refractivity contribution >= 4 is 22.5 Å². The molecule has 0 saturated carbocycles. The van der Waals surface area contributed by atoms with Crippen molar-refractivity contribution in [3.8, 4) is 0 Å². The molecule has 0 aliphatic heterocycles. The Balaban J connectivity index is 2.10. The molecular formula is C15H17N5. The van der Waals surface area contributed by atoms with Crippen LogP contribution in [0.5, 0.6) is 0 Å². The Morgan fingerprint density at radius 1 is 1.25 bits per heavy atom. The molecule has 0 radical (unpaired) electrons. The maximum absolute atomic E-state index is 4.36. The van der Waals surface area contributed by atoms with Gasteiger partial charge in [0.05, 0.1) is 11.6 Å². The van der Waals surface area contributed by atoms with Gasteiger partial charge in [-0.2, -0.15) is 5.10 Å². The van der Waals surface area contributed by atoms with E-state index < -0.39 is 0 Å². The zero-order valence-electron chi connectivity index (χ0n) is 11.9. The molecule has 0 spiro atoms. The molecule has 1 N–H and O–H groups in total. The van der Waals surface area contributed by atoms with Gasteiger partial charge in [-0.1, -0.05) is 25.1 Å². The van der Waals surface area contributed by atoms with Crippen LogP contribution in [-0.4, -0.2) is 19.7 Å². The van der Waals surface area contributed by atoms with Crippen molar-refractivity contribution in [1.29, 1.82) is 0 Å². The Kier molecular flexibility index (Phi) is 3.10. The highest BCUT2D eigenvalue weighted by Gasteiger charge is 2.10. The molecule has 102 valence electrons. The fraction of sp³-hybridized carbons (Fsp3) is 0.267. The second-order valence-corrected chi connectivity index (χ2v) is 4.82. The number of hydrogen-bond acceptors (Lipinski definition) is 4. The van der Waals surface area contributed by atoms with Crippen molar-refractivity contribution in [1.82, 2.24) is 19.7 Å². The van der Waals surface area contributed by atoms with E-state index in [4.69, 9.17) is 0 Å². The summed E-state index contributed by atoms with van der Waals surface area (Å²) in [4.78, 5) is 8.61. The van der Waals surface area contributed by atoms with Crippen LogP contribution >= 0.6 is 0 Å². The fourth-order valence-electron chi connectivity index (χ4n) is 2.38. The number of benzene rings is 1. The molecule has 0 unspecified atom stereocenters. The van der Waals surface area contributed by atoms with Gasteiger partial charge in [0.15, 0.2) is 5.65 Å². The molecule has 0 aliphatic carbocycles. The minimum atomic E-state index is 0.798. The van der Waals surface area contributed by atoms with E-state index in [1.807, 2.05) is 7.05 Å². The zero-order valence-corrected chi connectivity index (χ0v) is 11.9. The first-order valence-corrected chi connectivity index (χ1v) is 6.69. The van der Waals surface area contributed by atoms with Crippen LogP contribution in [-0.2, 0) is 13.5 Å². The molecule has 0 bridgehead atoms. The minimum absolute atomic E-state index is 0.798. The normalized spacial score (nSPS) is 10.9. The van der Waals surface area contributed by atoms with Crippen LogP contribution in [0.3, 0.4) is 0 Å². The monoisotopic (exact) mass is 267 g/mol. The van der Waals surface area contributed by atoms with Gasteiger partial charge in [0.2, 0.25) is 0 Å². The number of nitrogens with one attached hydrogen (secondary N) is 1. The molecule has 5 heteroatoms. The molecule has 5 nitrogen and oxygen atoms in total. The van der Waals surface area contributed by atoms with E-state index in [2.05, 4.69) is 52.4 Å². The van der Waals surface area contributed by atoms with Gasteiger partial charge in [-0.05, 0) is 24.5 Å². The van der Waals surface area contributed by atoms with Gasteiger partial charge >= 0.3 is 0 Å². The highest BCUT2D eigenvalue weighted by atomic mass is 15.3. The smallest absolute Gasteiger partial charge is 0.163 e. The molecule has 3 rings (SSSR count). The Morgan fingerprint density at radius 3 is 2.90 bits per heavy atom. The summed E-state index contributed by atoms with van der Waals surface area (Å²) >= 11 is 0. The third-order valence-electron chi connectivity index (χ3n) is 3.51. The number of hydrogen-bond donors (Lipinski definition) is 1. The standard InChI is InChI=1S/C15H17N5/c1-4-11-7-5-6-10(2)13(11)19-14-12-8-18-20(3)15(12)17-9-16-14/h5-9H,4H2,1-3H3,(H,16,17,19). The average molecular weight is 267 g/mol. The van der Waals surface area contributed by atoms with Crippen LogP contribution < -0.4 is 5.32 Å². The molecule has 0 saturated heterocycles. The molecule has 0 aliphatic rings. The van der Waals surface area contributed by atoms with Gasteiger partial charge in [-0.25, -0.2) is 9.97 Å². The van der Waals surface area contributed by atoms with Gasteiger partial charge < -0.3 is 5.32 Å². The predicted octanol–water partition coefficient (Wildman–Crippen LogP) is 2.98. The third-order valence-corrected chi connectivity index (χ3v) is 3.51. The van der Waals surface area contributed by atoms with Crippen molar-refractivity contribution in [2.24, 2.45) is 7.05 Å². The highest BCUT2D eigenvalue weighted by Crippen LogP contribution is 2.27. The molecule has 1 aromatic carbocycles. The van der Waals surface area contributed by atoms with Crippen LogP contribution in [0.1, 0.15) is 18.1 Å². The van der Waals surface area contributed by atoms with Gasteiger partial charge in [0, 0.05) is 12.7 Å². The Bertz CT molecular complexity index is 760. The Labute approximate surface area is 117 Å². The van der Waals surface area contributed by atoms with Crippen LogP contribution in [0.2, 0.25) is 0 Å². The van der Waals surface area contributed by atoms with E-state index in [1.165, 1.54) is 11.1 Å². The topological polar surface area (TPSA) is 55.6 Å². The summed E-state index contributed by atoms with van der Waals surface area (Å²) < 4.78 is 1.75. The molecule has 0 fully saturated rings. The number of nitrogens with zero attached hydrogens (tertiary/aromatic N) is 4. The van der Waals surface area contributed by atoms with Gasteiger partial charge in [0.1, 0.15) is 12.1 Å². The molecule has 3 aromatic rings. The van der Waals surface area contributed by atoms with E-state index in [0.29, 0.717) is 0 Å². The van der Waals surface area contributed by atoms with Crippen molar-refractivity contribution in [2.75, 3.05) is 5.32 Å². The summed E-state index contributed by atoms with van der Waals surface area (Å²) in [7, 11) is 1.88. The van der Waals surface area contributed by atoms with Crippen LogP contribution in [0, 0.1) is 6.92 Å². The summed E-state index contributed by atoms with van der Waals surface area (Å²) in [5, 5.41) is 8.61. The quantitative estimate of drug-likeness (QED) is 0.792. The van der Waals surface area contributed by atoms with Crippen LogP contribution in [0.4, 0.5) is 11.5 Å². The highest BCUT2D eigenvalue weighted by molar-refractivity contribution is 5.88. The Hall–Kier alpha value is -2.43. The van der Waals surface area contributed by atoms with Gasteiger partial charge in [0.25, 0.3) is 0 Å². The van der Waals surface area contributed by atoms with Gasteiger partial charge in [-0.15, -0.1) is 0 Å². The summed E-state index contributed by atoms with van der Waals surface area (Å²) in [5.74, 6) is 0.798. The first kappa shape index (κ1) is 12.6. The maximum atomic E-state index is 4.36. The lowest BCUT2D eigenvalue weighted by atomic mass is 10.1. The number of anilines is 2. The summed E-state index contributed by atoms with van der Waals surface area (Å²) in [6.45, 7) is 4.25. The minimum Gasteiger partial charge on any atom is -0.339 e. The van der Waals surface area contributed by atoms with E-state index in [1.54, 1.807) is 17.2 Å².